The number of benzene rings is 3. The van der Waals surface area contributed by atoms with E-state index in [0.29, 0.717) is 22.4 Å². The number of hydrogen-bond donors (Lipinski definition) is 2. The summed E-state index contributed by atoms with van der Waals surface area (Å²) in [6.07, 6.45) is 2.05. The van der Waals surface area contributed by atoms with Crippen LogP contribution in [0.25, 0.3) is 0 Å². The van der Waals surface area contributed by atoms with Crippen molar-refractivity contribution in [2.75, 3.05) is 24.0 Å². The smallest absolute Gasteiger partial charge is 0.255 e. The normalized spacial score (nSPS) is 14.5. The summed E-state index contributed by atoms with van der Waals surface area (Å²) in [5.74, 6) is 1.91. The second kappa shape index (κ2) is 11.6. The Morgan fingerprint density at radius 2 is 1.79 bits per heavy atom. The standard InChI is InChI=1S/C30H31N5O2S2/c1-18-6-7-22(19(2)16-18)17-39-30-33-29-31-20(3)26(28(36)32-23-10-12-24(37-4)13-11-23)27(35(29)34-30)21-8-14-25(38-5)15-9-21/h6-16,27H,17H2,1-5H3,(H,32,36)(H,31,33,34). The predicted octanol–water partition coefficient (Wildman–Crippen LogP) is 6.85. The molecule has 0 bridgehead atoms. The Bertz CT molecular complexity index is 1530. The Kier molecular flexibility index (Phi) is 7.99. The number of carbonyl (C=O) groups excluding carboxylic acids is 1. The lowest BCUT2D eigenvalue weighted by atomic mass is 9.95. The van der Waals surface area contributed by atoms with Gasteiger partial charge < -0.3 is 15.4 Å². The average molecular weight is 558 g/mol. The molecule has 0 saturated heterocycles. The SMILES string of the molecule is COc1ccc(NC(=O)C2=C(C)Nc3nc(SCc4ccc(C)cc4C)nn3C2c2ccc(SC)cc2)cc1. The maximum absolute atomic E-state index is 13.7. The van der Waals surface area contributed by atoms with Gasteiger partial charge in [0.25, 0.3) is 5.91 Å². The van der Waals surface area contributed by atoms with Gasteiger partial charge in [0.2, 0.25) is 11.1 Å². The molecule has 0 saturated carbocycles. The average Bonchev–Trinajstić information content (AvgIpc) is 3.34. The first kappa shape index (κ1) is 26.9. The fourth-order valence-corrected chi connectivity index (χ4v) is 5.92. The number of aryl methyl sites for hydroxylation is 2. The molecule has 2 N–H and O–H groups in total. The number of nitrogens with one attached hydrogen (secondary N) is 2. The van der Waals surface area contributed by atoms with Crippen molar-refractivity contribution in [3.05, 3.63) is 100 Å². The molecule has 1 atom stereocenters. The van der Waals surface area contributed by atoms with Crippen LogP contribution in [0.1, 0.15) is 35.2 Å². The minimum atomic E-state index is -0.432. The molecule has 1 aromatic heterocycles. The van der Waals surface area contributed by atoms with E-state index in [1.165, 1.54) is 16.7 Å². The highest BCUT2D eigenvalue weighted by Gasteiger charge is 2.34. The summed E-state index contributed by atoms with van der Waals surface area (Å²) in [5.41, 5.74) is 6.74. The van der Waals surface area contributed by atoms with Crippen molar-refractivity contribution in [1.29, 1.82) is 0 Å². The summed E-state index contributed by atoms with van der Waals surface area (Å²) >= 11 is 3.27. The molecule has 4 aromatic rings. The Hall–Kier alpha value is -3.69. The van der Waals surface area contributed by atoms with Gasteiger partial charge in [0.05, 0.1) is 12.7 Å². The Morgan fingerprint density at radius 3 is 2.46 bits per heavy atom. The van der Waals surface area contributed by atoms with Crippen LogP contribution in [0, 0.1) is 13.8 Å². The van der Waals surface area contributed by atoms with Gasteiger partial charge in [0, 0.05) is 22.0 Å². The van der Waals surface area contributed by atoms with Gasteiger partial charge in [-0.2, -0.15) is 4.98 Å². The zero-order chi connectivity index (χ0) is 27.5. The van der Waals surface area contributed by atoms with Crippen LogP contribution in [0.3, 0.4) is 0 Å². The van der Waals surface area contributed by atoms with Crippen LogP contribution in [0.15, 0.2) is 88.1 Å². The maximum Gasteiger partial charge on any atom is 0.255 e. The predicted molar refractivity (Wildman–Crippen MR) is 160 cm³/mol. The van der Waals surface area contributed by atoms with Gasteiger partial charge in [-0.1, -0.05) is 47.7 Å². The Labute approximate surface area is 237 Å². The molecule has 1 aliphatic rings. The molecule has 3 aromatic carbocycles. The van der Waals surface area contributed by atoms with Crippen molar-refractivity contribution in [3.8, 4) is 5.75 Å². The summed E-state index contributed by atoms with van der Waals surface area (Å²) in [4.78, 5) is 19.7. The molecule has 0 spiro atoms. The largest absolute Gasteiger partial charge is 0.497 e. The number of nitrogens with zero attached hydrogens (tertiary/aromatic N) is 3. The lowest BCUT2D eigenvalue weighted by Gasteiger charge is -2.28. The van der Waals surface area contributed by atoms with Gasteiger partial charge in [-0.05, 0) is 80.1 Å². The maximum atomic E-state index is 13.7. The summed E-state index contributed by atoms with van der Waals surface area (Å²) < 4.78 is 7.08. The third kappa shape index (κ3) is 5.84. The molecule has 0 aliphatic carbocycles. The number of thioether (sulfide) groups is 2. The molecule has 0 fully saturated rings. The lowest BCUT2D eigenvalue weighted by molar-refractivity contribution is -0.113. The topological polar surface area (TPSA) is 81.1 Å². The van der Waals surface area contributed by atoms with Crippen LogP contribution in [-0.4, -0.2) is 34.0 Å². The summed E-state index contributed by atoms with van der Waals surface area (Å²) in [5, 5.41) is 11.9. The Morgan fingerprint density at radius 1 is 1.05 bits per heavy atom. The van der Waals surface area contributed by atoms with Crippen LogP contribution in [0.4, 0.5) is 11.6 Å². The van der Waals surface area contributed by atoms with Crippen LogP contribution in [0.5, 0.6) is 5.75 Å². The highest BCUT2D eigenvalue weighted by Crippen LogP contribution is 2.37. The van der Waals surface area contributed by atoms with E-state index in [9.17, 15) is 4.79 Å². The molecular formula is C30H31N5O2S2. The number of anilines is 2. The minimum absolute atomic E-state index is 0.199. The number of allylic oxidation sites excluding steroid dienone is 1. The first-order chi connectivity index (χ1) is 18.9. The summed E-state index contributed by atoms with van der Waals surface area (Å²) in [6.45, 7) is 6.14. The molecule has 39 heavy (non-hydrogen) atoms. The third-order valence-electron chi connectivity index (χ3n) is 6.71. The monoisotopic (exact) mass is 557 g/mol. The number of rotatable bonds is 8. The Balaban J connectivity index is 1.47. The molecule has 2 heterocycles. The summed E-state index contributed by atoms with van der Waals surface area (Å²) in [6, 6.07) is 21.6. The molecule has 1 amide bonds. The summed E-state index contributed by atoms with van der Waals surface area (Å²) in [7, 11) is 1.62. The molecule has 5 rings (SSSR count). The molecule has 0 radical (unpaired) electrons. The van der Waals surface area contributed by atoms with Crippen molar-refractivity contribution in [1.82, 2.24) is 14.8 Å². The quantitative estimate of drug-likeness (QED) is 0.229. The number of amides is 1. The zero-order valence-electron chi connectivity index (χ0n) is 22.6. The number of hydrogen-bond acceptors (Lipinski definition) is 7. The number of carbonyl (C=O) groups is 1. The van der Waals surface area contributed by atoms with Gasteiger partial charge in [-0.15, -0.1) is 16.9 Å². The van der Waals surface area contributed by atoms with E-state index >= 15 is 0 Å². The molecule has 200 valence electrons. The highest BCUT2D eigenvalue weighted by molar-refractivity contribution is 7.98. The van der Waals surface area contributed by atoms with Gasteiger partial charge in [0.15, 0.2) is 0 Å². The van der Waals surface area contributed by atoms with Gasteiger partial charge >= 0.3 is 0 Å². The first-order valence-electron chi connectivity index (χ1n) is 12.6. The van der Waals surface area contributed by atoms with Gasteiger partial charge in [0.1, 0.15) is 11.8 Å². The van der Waals surface area contributed by atoms with E-state index in [2.05, 4.69) is 66.9 Å². The lowest BCUT2D eigenvalue weighted by Crippen LogP contribution is -2.31. The second-order valence-electron chi connectivity index (χ2n) is 9.40. The van der Waals surface area contributed by atoms with Crippen LogP contribution < -0.4 is 15.4 Å². The number of aromatic nitrogens is 3. The second-order valence-corrected chi connectivity index (χ2v) is 11.2. The van der Waals surface area contributed by atoms with E-state index in [1.54, 1.807) is 30.6 Å². The van der Waals surface area contributed by atoms with Crippen molar-refractivity contribution in [2.24, 2.45) is 0 Å². The first-order valence-corrected chi connectivity index (χ1v) is 14.8. The molecule has 1 unspecified atom stereocenters. The number of methoxy groups -OCH3 is 1. The van der Waals surface area contributed by atoms with E-state index in [1.807, 2.05) is 42.1 Å². The number of ether oxygens (including phenoxy) is 1. The van der Waals surface area contributed by atoms with Crippen LogP contribution >= 0.6 is 23.5 Å². The fourth-order valence-electron chi connectivity index (χ4n) is 4.60. The van der Waals surface area contributed by atoms with E-state index < -0.39 is 6.04 Å². The van der Waals surface area contributed by atoms with E-state index in [4.69, 9.17) is 14.8 Å². The minimum Gasteiger partial charge on any atom is -0.497 e. The van der Waals surface area contributed by atoms with Crippen molar-refractivity contribution < 1.29 is 9.53 Å². The highest BCUT2D eigenvalue weighted by atomic mass is 32.2. The van der Waals surface area contributed by atoms with Gasteiger partial charge in [-0.3, -0.25) is 4.79 Å². The van der Waals surface area contributed by atoms with Crippen molar-refractivity contribution in [3.63, 3.8) is 0 Å². The zero-order valence-corrected chi connectivity index (χ0v) is 24.2. The van der Waals surface area contributed by atoms with Crippen LogP contribution in [0.2, 0.25) is 0 Å². The van der Waals surface area contributed by atoms with E-state index in [0.717, 1.165) is 27.7 Å². The number of fused-ring (bicyclic) bond motifs is 1. The van der Waals surface area contributed by atoms with Gasteiger partial charge in [-0.25, -0.2) is 4.68 Å². The molecule has 9 heteroatoms. The van der Waals surface area contributed by atoms with Crippen molar-refractivity contribution in [2.45, 2.75) is 42.6 Å². The molecule has 7 nitrogen and oxygen atoms in total. The molecule has 1 aliphatic heterocycles. The van der Waals surface area contributed by atoms with Crippen LogP contribution in [-0.2, 0) is 10.5 Å². The fraction of sp³-hybridized carbons (Fsp3) is 0.233. The van der Waals surface area contributed by atoms with E-state index in [-0.39, 0.29) is 5.91 Å². The van der Waals surface area contributed by atoms with Crippen molar-refractivity contribution >= 4 is 41.1 Å². The third-order valence-corrected chi connectivity index (χ3v) is 8.34. The molecular weight excluding hydrogens is 526 g/mol.